The molecule has 2 aromatic carbocycles. The third kappa shape index (κ3) is 4.11. The molecule has 0 radical (unpaired) electrons. The summed E-state index contributed by atoms with van der Waals surface area (Å²) in [5.74, 6) is 1.11. The van der Waals surface area contributed by atoms with Crippen LogP contribution in [0.2, 0.25) is 0 Å². The number of anilines is 1. The van der Waals surface area contributed by atoms with E-state index in [9.17, 15) is 0 Å². The number of nitrogens with zero attached hydrogens (tertiary/aromatic N) is 4. The summed E-state index contributed by atoms with van der Waals surface area (Å²) in [6, 6.07) is 19.7. The molecule has 0 bridgehead atoms. The summed E-state index contributed by atoms with van der Waals surface area (Å²) < 4.78 is 2.29. The van der Waals surface area contributed by atoms with Crippen LogP contribution < -0.4 is 10.2 Å². The Bertz CT molecular complexity index is 864. The van der Waals surface area contributed by atoms with E-state index in [-0.39, 0.29) is 6.04 Å². The van der Waals surface area contributed by atoms with Crippen molar-refractivity contribution in [2.75, 3.05) is 45.2 Å². The van der Waals surface area contributed by atoms with Gasteiger partial charge in [0.25, 0.3) is 0 Å². The maximum atomic E-state index is 4.81. The van der Waals surface area contributed by atoms with Crippen LogP contribution in [-0.4, -0.2) is 54.7 Å². The van der Waals surface area contributed by atoms with Gasteiger partial charge in [-0.1, -0.05) is 42.5 Å². The average molecular weight is 376 g/mol. The fourth-order valence-electron chi connectivity index (χ4n) is 3.90. The average Bonchev–Trinajstić information content (AvgIpc) is 3.18. The Morgan fingerprint density at radius 1 is 1.00 bits per heavy atom. The second-order valence-electron chi connectivity index (χ2n) is 7.57. The monoisotopic (exact) mass is 375 g/mol. The molecule has 0 aliphatic carbocycles. The summed E-state index contributed by atoms with van der Waals surface area (Å²) in [6.45, 7) is 4.93. The number of hydrogen-bond acceptors (Lipinski definition) is 4. The standard InChI is InChI=1S/C23H29N5/c1-26(2)21-10-8-20(9-11-21)22(27-15-12-24-13-16-27)23-25-14-17-28(23)18-19-6-4-3-5-7-19/h3-11,14,17,22,24H,12-13,15-16,18H2,1-2H3. The van der Waals surface area contributed by atoms with Gasteiger partial charge in [-0.3, -0.25) is 4.90 Å². The second-order valence-corrected chi connectivity index (χ2v) is 7.57. The molecule has 1 aromatic heterocycles. The maximum absolute atomic E-state index is 4.81. The maximum Gasteiger partial charge on any atom is 0.130 e. The van der Waals surface area contributed by atoms with Gasteiger partial charge in [-0.2, -0.15) is 0 Å². The molecule has 1 fully saturated rings. The minimum absolute atomic E-state index is 0.164. The molecule has 0 amide bonds. The van der Waals surface area contributed by atoms with E-state index in [1.807, 2.05) is 6.20 Å². The Morgan fingerprint density at radius 2 is 1.71 bits per heavy atom. The molecule has 1 aliphatic rings. The van der Waals surface area contributed by atoms with Crippen LogP contribution in [0.1, 0.15) is 23.0 Å². The molecular formula is C23H29N5. The third-order valence-electron chi connectivity index (χ3n) is 5.43. The lowest BCUT2D eigenvalue weighted by Crippen LogP contribution is -2.46. The highest BCUT2D eigenvalue weighted by molar-refractivity contribution is 5.47. The van der Waals surface area contributed by atoms with Gasteiger partial charge >= 0.3 is 0 Å². The SMILES string of the molecule is CN(C)c1ccc(C(c2nccn2Cc2ccccc2)N2CCNCC2)cc1. The summed E-state index contributed by atoms with van der Waals surface area (Å²) in [7, 11) is 4.16. The molecule has 2 heterocycles. The molecule has 28 heavy (non-hydrogen) atoms. The van der Waals surface area contributed by atoms with Gasteiger partial charge in [0.2, 0.25) is 0 Å². The normalized spacial score (nSPS) is 16.1. The lowest BCUT2D eigenvalue weighted by atomic mass is 10.0. The van der Waals surface area contributed by atoms with Crippen molar-refractivity contribution in [2.45, 2.75) is 12.6 Å². The van der Waals surface area contributed by atoms with E-state index in [4.69, 9.17) is 4.98 Å². The zero-order valence-electron chi connectivity index (χ0n) is 16.8. The Morgan fingerprint density at radius 3 is 2.39 bits per heavy atom. The largest absolute Gasteiger partial charge is 0.378 e. The number of aromatic nitrogens is 2. The number of imidazole rings is 1. The first-order valence-electron chi connectivity index (χ1n) is 9.99. The zero-order chi connectivity index (χ0) is 19.3. The fourth-order valence-corrected chi connectivity index (χ4v) is 3.90. The van der Waals surface area contributed by atoms with E-state index in [1.165, 1.54) is 16.8 Å². The molecule has 3 aromatic rings. The highest BCUT2D eigenvalue weighted by atomic mass is 15.2. The van der Waals surface area contributed by atoms with E-state index >= 15 is 0 Å². The minimum Gasteiger partial charge on any atom is -0.378 e. The van der Waals surface area contributed by atoms with Crippen molar-refractivity contribution in [1.29, 1.82) is 0 Å². The lowest BCUT2D eigenvalue weighted by Gasteiger charge is -2.35. The molecule has 5 nitrogen and oxygen atoms in total. The zero-order valence-corrected chi connectivity index (χ0v) is 16.8. The minimum atomic E-state index is 0.164. The van der Waals surface area contributed by atoms with Gasteiger partial charge in [-0.15, -0.1) is 0 Å². The lowest BCUT2D eigenvalue weighted by molar-refractivity contribution is 0.189. The Labute approximate surface area is 167 Å². The topological polar surface area (TPSA) is 36.3 Å². The number of nitrogens with one attached hydrogen (secondary N) is 1. The van der Waals surface area contributed by atoms with Crippen molar-refractivity contribution in [3.8, 4) is 0 Å². The fraction of sp³-hybridized carbons (Fsp3) is 0.348. The number of benzene rings is 2. The first-order chi connectivity index (χ1) is 13.7. The predicted octanol–water partition coefficient (Wildman–Crippen LogP) is 2.99. The Kier molecular flexibility index (Phi) is 5.74. The molecule has 4 rings (SSSR count). The van der Waals surface area contributed by atoms with Gasteiger partial charge in [0, 0.05) is 64.9 Å². The number of rotatable bonds is 6. The molecule has 146 valence electrons. The van der Waals surface area contributed by atoms with Crippen LogP contribution in [0.25, 0.3) is 0 Å². The third-order valence-corrected chi connectivity index (χ3v) is 5.43. The molecule has 0 saturated carbocycles. The molecule has 0 spiro atoms. The van der Waals surface area contributed by atoms with Gasteiger partial charge in [0.1, 0.15) is 5.82 Å². The second kappa shape index (κ2) is 8.59. The van der Waals surface area contributed by atoms with Crippen LogP contribution in [-0.2, 0) is 6.54 Å². The van der Waals surface area contributed by atoms with Gasteiger partial charge < -0.3 is 14.8 Å². The molecule has 1 unspecified atom stereocenters. The molecule has 1 saturated heterocycles. The van der Waals surface area contributed by atoms with Gasteiger partial charge in [-0.25, -0.2) is 4.98 Å². The van der Waals surface area contributed by atoms with E-state index in [1.54, 1.807) is 0 Å². The molecule has 1 atom stereocenters. The van der Waals surface area contributed by atoms with Crippen LogP contribution in [0, 0.1) is 0 Å². The summed E-state index contributed by atoms with van der Waals surface area (Å²) in [5, 5.41) is 3.47. The molecule has 1 N–H and O–H groups in total. The van der Waals surface area contributed by atoms with Gasteiger partial charge in [-0.05, 0) is 23.3 Å². The van der Waals surface area contributed by atoms with E-state index in [0.29, 0.717) is 0 Å². The number of piperazine rings is 1. The summed E-state index contributed by atoms with van der Waals surface area (Å²) in [5.41, 5.74) is 3.81. The summed E-state index contributed by atoms with van der Waals surface area (Å²) >= 11 is 0. The Balaban J connectivity index is 1.69. The molecule has 5 heteroatoms. The van der Waals surface area contributed by atoms with E-state index in [2.05, 4.69) is 94.6 Å². The highest BCUT2D eigenvalue weighted by Gasteiger charge is 2.27. The van der Waals surface area contributed by atoms with Gasteiger partial charge in [0.05, 0.1) is 6.04 Å². The number of hydrogen-bond donors (Lipinski definition) is 1. The van der Waals surface area contributed by atoms with Crippen molar-refractivity contribution < 1.29 is 0 Å². The van der Waals surface area contributed by atoms with E-state index < -0.39 is 0 Å². The van der Waals surface area contributed by atoms with Crippen LogP contribution in [0.5, 0.6) is 0 Å². The molecular weight excluding hydrogens is 346 g/mol. The predicted molar refractivity (Wildman–Crippen MR) is 115 cm³/mol. The first kappa shape index (κ1) is 18.7. The summed E-state index contributed by atoms with van der Waals surface area (Å²) in [6.07, 6.45) is 4.04. The van der Waals surface area contributed by atoms with Crippen LogP contribution >= 0.6 is 0 Å². The van der Waals surface area contributed by atoms with Crippen molar-refractivity contribution in [2.24, 2.45) is 0 Å². The van der Waals surface area contributed by atoms with E-state index in [0.717, 1.165) is 38.5 Å². The first-order valence-corrected chi connectivity index (χ1v) is 9.99. The van der Waals surface area contributed by atoms with Gasteiger partial charge in [0.15, 0.2) is 0 Å². The molecule has 1 aliphatic heterocycles. The van der Waals surface area contributed by atoms with Crippen LogP contribution in [0.3, 0.4) is 0 Å². The van der Waals surface area contributed by atoms with Crippen molar-refractivity contribution >= 4 is 5.69 Å². The van der Waals surface area contributed by atoms with Crippen LogP contribution in [0.15, 0.2) is 67.0 Å². The van der Waals surface area contributed by atoms with Crippen LogP contribution in [0.4, 0.5) is 5.69 Å². The highest BCUT2D eigenvalue weighted by Crippen LogP contribution is 2.29. The smallest absolute Gasteiger partial charge is 0.130 e. The van der Waals surface area contributed by atoms with Crippen molar-refractivity contribution in [1.82, 2.24) is 19.8 Å². The Hall–Kier alpha value is -2.63. The van der Waals surface area contributed by atoms with Crippen molar-refractivity contribution in [3.05, 3.63) is 83.9 Å². The van der Waals surface area contributed by atoms with Crippen molar-refractivity contribution in [3.63, 3.8) is 0 Å². The summed E-state index contributed by atoms with van der Waals surface area (Å²) in [4.78, 5) is 9.50. The quantitative estimate of drug-likeness (QED) is 0.719.